The molecule has 0 heterocycles. The van der Waals surface area contributed by atoms with Crippen LogP contribution in [0.4, 0.5) is 11.4 Å². The van der Waals surface area contributed by atoms with E-state index in [9.17, 15) is 19.7 Å². The molecule has 1 aliphatic rings. The van der Waals surface area contributed by atoms with Crippen molar-refractivity contribution >= 4 is 23.3 Å². The van der Waals surface area contributed by atoms with Crippen LogP contribution in [0.2, 0.25) is 0 Å². The van der Waals surface area contributed by atoms with Crippen LogP contribution in [0.5, 0.6) is 0 Å². The lowest BCUT2D eigenvalue weighted by atomic mass is 9.86. The number of esters is 1. The van der Waals surface area contributed by atoms with Gasteiger partial charge in [0.1, 0.15) is 0 Å². The smallest absolute Gasteiger partial charge is 0.341 e. The first-order chi connectivity index (χ1) is 12.3. The van der Waals surface area contributed by atoms with E-state index in [0.717, 1.165) is 19.3 Å². The van der Waals surface area contributed by atoms with Crippen LogP contribution in [0.3, 0.4) is 0 Å². The van der Waals surface area contributed by atoms with E-state index in [4.69, 9.17) is 4.74 Å². The number of ether oxygens (including phenoxy) is 1. The summed E-state index contributed by atoms with van der Waals surface area (Å²) in [6, 6.07) is 4.07. The molecule has 1 N–H and O–H groups in total. The lowest BCUT2D eigenvalue weighted by Gasteiger charge is -2.29. The van der Waals surface area contributed by atoms with E-state index in [-0.39, 0.29) is 23.2 Å². The van der Waals surface area contributed by atoms with E-state index in [1.165, 1.54) is 24.6 Å². The normalized spacial score (nSPS) is 19.5. The number of anilines is 1. The number of nitrogens with one attached hydrogen (secondary N) is 1. The van der Waals surface area contributed by atoms with Crippen molar-refractivity contribution in [3.8, 4) is 0 Å². The van der Waals surface area contributed by atoms with Crippen molar-refractivity contribution in [2.45, 2.75) is 38.6 Å². The number of carbonyl (C=O) groups excluding carboxylic acids is 2. The van der Waals surface area contributed by atoms with Gasteiger partial charge in [-0.15, -0.1) is 0 Å². The third-order valence-electron chi connectivity index (χ3n) is 4.68. The van der Waals surface area contributed by atoms with Crippen molar-refractivity contribution in [1.82, 2.24) is 5.32 Å². The summed E-state index contributed by atoms with van der Waals surface area (Å²) in [5.41, 5.74) is 0.341. The zero-order valence-electron chi connectivity index (χ0n) is 15.4. The van der Waals surface area contributed by atoms with Gasteiger partial charge >= 0.3 is 5.97 Å². The Kier molecular flexibility index (Phi) is 6.54. The second-order valence-corrected chi connectivity index (χ2v) is 6.86. The maximum Gasteiger partial charge on any atom is 0.341 e. The number of hydrogen-bond donors (Lipinski definition) is 1. The van der Waals surface area contributed by atoms with Gasteiger partial charge in [-0.05, 0) is 24.8 Å². The zero-order valence-corrected chi connectivity index (χ0v) is 15.4. The van der Waals surface area contributed by atoms with Crippen molar-refractivity contribution in [3.63, 3.8) is 0 Å². The average Bonchev–Trinajstić information content (AvgIpc) is 2.61. The Balaban J connectivity index is 2.01. The molecule has 2 rings (SSSR count). The van der Waals surface area contributed by atoms with Crippen LogP contribution >= 0.6 is 0 Å². The molecular weight excluding hydrogens is 338 g/mol. The summed E-state index contributed by atoms with van der Waals surface area (Å²) in [5.74, 6) is -0.710. The molecule has 1 aliphatic carbocycles. The molecule has 1 fully saturated rings. The molecule has 2 atom stereocenters. The van der Waals surface area contributed by atoms with E-state index in [2.05, 4.69) is 12.2 Å². The fourth-order valence-electron chi connectivity index (χ4n) is 3.18. The fourth-order valence-corrected chi connectivity index (χ4v) is 3.18. The Hall–Kier alpha value is -2.64. The predicted octanol–water partition coefficient (Wildman–Crippen LogP) is 2.51. The number of amides is 1. The van der Waals surface area contributed by atoms with E-state index in [1.54, 1.807) is 19.0 Å². The summed E-state index contributed by atoms with van der Waals surface area (Å²) < 4.78 is 5.09. The molecule has 8 heteroatoms. The average molecular weight is 363 g/mol. The number of benzene rings is 1. The molecule has 0 aliphatic heterocycles. The molecule has 0 aromatic heterocycles. The van der Waals surface area contributed by atoms with Gasteiger partial charge in [-0.3, -0.25) is 14.9 Å². The van der Waals surface area contributed by atoms with Crippen LogP contribution in [-0.4, -0.2) is 43.5 Å². The highest BCUT2D eigenvalue weighted by Crippen LogP contribution is 2.25. The molecule has 0 saturated heterocycles. The zero-order chi connectivity index (χ0) is 19.3. The molecule has 0 spiro atoms. The Morgan fingerprint density at radius 1 is 1.31 bits per heavy atom. The molecule has 26 heavy (non-hydrogen) atoms. The predicted molar refractivity (Wildman–Crippen MR) is 97.3 cm³/mol. The first-order valence-corrected chi connectivity index (χ1v) is 8.72. The SMILES string of the molecule is C[C@H]1CCCC[C@H]1NC(=O)COC(=O)c1cc([N+](=O)[O-])ccc1N(C)C. The van der Waals surface area contributed by atoms with Gasteiger partial charge < -0.3 is 15.0 Å². The van der Waals surface area contributed by atoms with Gasteiger partial charge in [0.25, 0.3) is 11.6 Å². The molecule has 0 unspecified atom stereocenters. The van der Waals surface area contributed by atoms with E-state index in [1.807, 2.05) is 0 Å². The van der Waals surface area contributed by atoms with Crippen molar-refractivity contribution in [3.05, 3.63) is 33.9 Å². The van der Waals surface area contributed by atoms with Crippen molar-refractivity contribution < 1.29 is 19.2 Å². The minimum absolute atomic E-state index is 0.0584. The summed E-state index contributed by atoms with van der Waals surface area (Å²) >= 11 is 0. The summed E-state index contributed by atoms with van der Waals surface area (Å²) in [6.07, 6.45) is 4.25. The number of rotatable bonds is 6. The molecule has 1 aromatic rings. The summed E-state index contributed by atoms with van der Waals surface area (Å²) in [7, 11) is 3.43. The van der Waals surface area contributed by atoms with Crippen LogP contribution < -0.4 is 10.2 Å². The number of hydrogen-bond acceptors (Lipinski definition) is 6. The highest BCUT2D eigenvalue weighted by atomic mass is 16.6. The highest BCUT2D eigenvalue weighted by Gasteiger charge is 2.24. The van der Waals surface area contributed by atoms with Crippen LogP contribution in [0, 0.1) is 16.0 Å². The number of nitro groups is 1. The molecule has 0 bridgehead atoms. The second-order valence-electron chi connectivity index (χ2n) is 6.86. The standard InChI is InChI=1S/C18H25N3O5/c1-12-6-4-5-7-15(12)19-17(22)11-26-18(23)14-10-13(21(24)25)8-9-16(14)20(2)3/h8-10,12,15H,4-7,11H2,1-3H3,(H,19,22)/t12-,15+/m0/s1. The van der Waals surface area contributed by atoms with Gasteiger partial charge in [0.2, 0.25) is 0 Å². The largest absolute Gasteiger partial charge is 0.452 e. The Morgan fingerprint density at radius 3 is 2.62 bits per heavy atom. The van der Waals surface area contributed by atoms with Gasteiger partial charge in [0.15, 0.2) is 6.61 Å². The number of nitro benzene ring substituents is 1. The van der Waals surface area contributed by atoms with Gasteiger partial charge in [0.05, 0.1) is 16.2 Å². The lowest BCUT2D eigenvalue weighted by molar-refractivity contribution is -0.384. The molecule has 0 radical (unpaired) electrons. The van der Waals surface area contributed by atoms with Crippen molar-refractivity contribution in [2.75, 3.05) is 25.6 Å². The Bertz CT molecular complexity index is 689. The second kappa shape index (κ2) is 8.64. The lowest BCUT2D eigenvalue weighted by Crippen LogP contribution is -2.42. The highest BCUT2D eigenvalue weighted by molar-refractivity contribution is 5.97. The Labute approximate surface area is 152 Å². The van der Waals surface area contributed by atoms with Gasteiger partial charge in [-0.1, -0.05) is 19.8 Å². The molecule has 1 saturated carbocycles. The van der Waals surface area contributed by atoms with E-state index < -0.39 is 17.5 Å². The Morgan fingerprint density at radius 2 is 2.00 bits per heavy atom. The maximum atomic E-state index is 12.4. The minimum atomic E-state index is -0.760. The third-order valence-corrected chi connectivity index (χ3v) is 4.68. The topological polar surface area (TPSA) is 102 Å². The first-order valence-electron chi connectivity index (χ1n) is 8.72. The third kappa shape index (κ3) is 4.93. The number of non-ortho nitro benzene ring substituents is 1. The summed E-state index contributed by atoms with van der Waals surface area (Å²) in [5, 5.41) is 13.9. The molecule has 1 aromatic carbocycles. The maximum absolute atomic E-state index is 12.4. The van der Waals surface area contributed by atoms with Gasteiger partial charge in [-0.2, -0.15) is 0 Å². The molecule has 8 nitrogen and oxygen atoms in total. The van der Waals surface area contributed by atoms with Crippen LogP contribution in [0.1, 0.15) is 43.0 Å². The number of nitrogens with zero attached hydrogens (tertiary/aromatic N) is 2. The fraction of sp³-hybridized carbons (Fsp3) is 0.556. The quantitative estimate of drug-likeness (QED) is 0.473. The van der Waals surface area contributed by atoms with Crippen LogP contribution in [-0.2, 0) is 9.53 Å². The molecule has 1 amide bonds. The van der Waals surface area contributed by atoms with Crippen molar-refractivity contribution in [2.24, 2.45) is 5.92 Å². The summed E-state index contributed by atoms with van der Waals surface area (Å²) in [4.78, 5) is 36.5. The van der Waals surface area contributed by atoms with Gasteiger partial charge in [0, 0.05) is 32.3 Å². The van der Waals surface area contributed by atoms with Gasteiger partial charge in [-0.25, -0.2) is 4.79 Å². The van der Waals surface area contributed by atoms with E-state index >= 15 is 0 Å². The number of carbonyl (C=O) groups is 2. The van der Waals surface area contributed by atoms with Crippen molar-refractivity contribution in [1.29, 1.82) is 0 Å². The minimum Gasteiger partial charge on any atom is -0.452 e. The first kappa shape index (κ1) is 19.7. The van der Waals surface area contributed by atoms with Crippen LogP contribution in [0.15, 0.2) is 18.2 Å². The molecule has 142 valence electrons. The molecular formula is C18H25N3O5. The van der Waals surface area contributed by atoms with E-state index in [0.29, 0.717) is 11.6 Å². The van der Waals surface area contributed by atoms with Crippen LogP contribution in [0.25, 0.3) is 0 Å². The summed E-state index contributed by atoms with van der Waals surface area (Å²) in [6.45, 7) is 1.69. The monoisotopic (exact) mass is 363 g/mol.